The molecule has 0 bridgehead atoms. The molecule has 3 N–H and O–H groups in total. The van der Waals surface area contributed by atoms with Gasteiger partial charge in [0.1, 0.15) is 4.88 Å². The van der Waals surface area contributed by atoms with Crippen molar-refractivity contribution in [3.05, 3.63) is 28.6 Å². The van der Waals surface area contributed by atoms with Crippen molar-refractivity contribution >= 4 is 33.0 Å². The first-order chi connectivity index (χ1) is 9.15. The zero-order valence-electron chi connectivity index (χ0n) is 11.0. The largest absolute Gasteiger partial charge is 0.397 e. The summed E-state index contributed by atoms with van der Waals surface area (Å²) < 4.78 is 1.08. The third-order valence-corrected chi connectivity index (χ3v) is 4.81. The van der Waals surface area contributed by atoms with Crippen molar-refractivity contribution in [1.82, 2.24) is 5.32 Å². The highest BCUT2D eigenvalue weighted by Gasteiger charge is 2.21. The Morgan fingerprint density at radius 1 is 1.47 bits per heavy atom. The van der Waals surface area contributed by atoms with Gasteiger partial charge in [0.15, 0.2) is 0 Å². The zero-order chi connectivity index (χ0) is 13.4. The van der Waals surface area contributed by atoms with E-state index >= 15 is 0 Å². The Kier molecular flexibility index (Phi) is 3.19. The number of nitrogen functional groups attached to an aromatic ring is 1. The van der Waals surface area contributed by atoms with Gasteiger partial charge < -0.3 is 11.1 Å². The average molecular weight is 274 g/mol. The van der Waals surface area contributed by atoms with Gasteiger partial charge in [-0.15, -0.1) is 11.3 Å². The molecule has 1 aromatic carbocycles. The maximum absolute atomic E-state index is 12.1. The van der Waals surface area contributed by atoms with E-state index < -0.39 is 0 Å². The molecule has 4 heteroatoms. The molecule has 0 saturated heterocycles. The van der Waals surface area contributed by atoms with E-state index in [1.807, 2.05) is 25.1 Å². The van der Waals surface area contributed by atoms with E-state index in [1.54, 1.807) is 0 Å². The monoisotopic (exact) mass is 274 g/mol. The third kappa shape index (κ3) is 2.59. The van der Waals surface area contributed by atoms with Crippen molar-refractivity contribution in [3.8, 4) is 0 Å². The lowest BCUT2D eigenvalue weighted by Gasteiger charge is -2.03. The van der Waals surface area contributed by atoms with Crippen LogP contribution in [0.3, 0.4) is 0 Å². The first kappa shape index (κ1) is 12.5. The maximum atomic E-state index is 12.1. The van der Waals surface area contributed by atoms with Gasteiger partial charge in [0, 0.05) is 16.6 Å². The second-order valence-electron chi connectivity index (χ2n) is 5.33. The van der Waals surface area contributed by atoms with Gasteiger partial charge in [-0.1, -0.05) is 24.5 Å². The lowest BCUT2D eigenvalue weighted by molar-refractivity contribution is 0.0957. The topological polar surface area (TPSA) is 55.1 Å². The average Bonchev–Trinajstić information content (AvgIpc) is 3.15. The Bertz CT molecular complexity index is 628. The molecule has 3 rings (SSSR count). The van der Waals surface area contributed by atoms with E-state index in [0.29, 0.717) is 10.6 Å². The maximum Gasteiger partial charge on any atom is 0.263 e. The van der Waals surface area contributed by atoms with Crippen LogP contribution in [0.1, 0.15) is 34.5 Å². The molecule has 0 unspecified atom stereocenters. The Hall–Kier alpha value is -1.55. The number of aryl methyl sites for hydroxylation is 1. The number of benzene rings is 1. The number of fused-ring (bicyclic) bond motifs is 1. The van der Waals surface area contributed by atoms with Gasteiger partial charge in [0.25, 0.3) is 5.91 Å². The summed E-state index contributed by atoms with van der Waals surface area (Å²) in [6, 6.07) is 6.13. The third-order valence-electron chi connectivity index (χ3n) is 3.62. The van der Waals surface area contributed by atoms with Crippen LogP contribution in [0.15, 0.2) is 18.2 Å². The number of carbonyl (C=O) groups is 1. The first-order valence-corrected chi connectivity index (χ1v) is 7.53. The fourth-order valence-electron chi connectivity index (χ4n) is 2.28. The fourth-order valence-corrected chi connectivity index (χ4v) is 3.30. The summed E-state index contributed by atoms with van der Waals surface area (Å²) in [5.41, 5.74) is 7.88. The molecule has 1 saturated carbocycles. The molecule has 3 nitrogen and oxygen atoms in total. The van der Waals surface area contributed by atoms with Crippen LogP contribution in [-0.4, -0.2) is 12.5 Å². The van der Waals surface area contributed by atoms with E-state index in [0.717, 1.165) is 34.5 Å². The number of anilines is 1. The number of amides is 1. The summed E-state index contributed by atoms with van der Waals surface area (Å²) in [6.07, 6.45) is 3.73. The van der Waals surface area contributed by atoms with Crippen LogP contribution in [0.5, 0.6) is 0 Å². The van der Waals surface area contributed by atoms with Gasteiger partial charge >= 0.3 is 0 Å². The van der Waals surface area contributed by atoms with Crippen molar-refractivity contribution in [2.24, 2.45) is 5.92 Å². The predicted octanol–water partition coefficient (Wildman–Crippen LogP) is 3.32. The molecule has 19 heavy (non-hydrogen) atoms. The Balaban J connectivity index is 1.78. The normalized spacial score (nSPS) is 14.8. The zero-order valence-corrected chi connectivity index (χ0v) is 11.8. The van der Waals surface area contributed by atoms with E-state index in [-0.39, 0.29) is 5.91 Å². The van der Waals surface area contributed by atoms with Crippen LogP contribution >= 0.6 is 11.3 Å². The summed E-state index contributed by atoms with van der Waals surface area (Å²) in [5.74, 6) is 0.805. The molecule has 1 aromatic heterocycles. The molecule has 0 atom stereocenters. The molecule has 2 aromatic rings. The van der Waals surface area contributed by atoms with Gasteiger partial charge in [-0.2, -0.15) is 0 Å². The van der Waals surface area contributed by atoms with Crippen LogP contribution in [0.2, 0.25) is 0 Å². The lowest BCUT2D eigenvalue weighted by Crippen LogP contribution is -2.24. The molecule has 100 valence electrons. The molecular weight excluding hydrogens is 256 g/mol. The van der Waals surface area contributed by atoms with Crippen molar-refractivity contribution in [2.75, 3.05) is 12.3 Å². The van der Waals surface area contributed by atoms with Crippen LogP contribution in [0, 0.1) is 12.8 Å². The van der Waals surface area contributed by atoms with Crippen LogP contribution in [0.4, 0.5) is 5.69 Å². The lowest BCUT2D eigenvalue weighted by atomic mass is 10.1. The summed E-state index contributed by atoms with van der Waals surface area (Å²) in [7, 11) is 0. The summed E-state index contributed by atoms with van der Waals surface area (Å²) >= 11 is 1.48. The Morgan fingerprint density at radius 3 is 3.00 bits per heavy atom. The molecule has 0 radical (unpaired) electrons. The summed E-state index contributed by atoms with van der Waals surface area (Å²) in [4.78, 5) is 12.8. The van der Waals surface area contributed by atoms with Gasteiger partial charge in [0.2, 0.25) is 0 Å². The number of thiophene rings is 1. The van der Waals surface area contributed by atoms with Crippen molar-refractivity contribution in [2.45, 2.75) is 26.2 Å². The number of nitrogens with two attached hydrogens (primary N) is 1. The molecular formula is C15H18N2OS. The standard InChI is InChI=1S/C15H18N2OS/c1-9-2-5-12-11(8-9)13(16)14(19-12)15(18)17-7-6-10-3-4-10/h2,5,8,10H,3-4,6-7,16H2,1H3,(H,17,18). The molecule has 1 amide bonds. The minimum atomic E-state index is -0.0306. The second kappa shape index (κ2) is 4.85. The quantitative estimate of drug-likeness (QED) is 0.898. The SMILES string of the molecule is Cc1ccc2sc(C(=O)NCCC3CC3)c(N)c2c1. The highest BCUT2D eigenvalue weighted by atomic mass is 32.1. The van der Waals surface area contributed by atoms with Crippen molar-refractivity contribution in [1.29, 1.82) is 0 Å². The summed E-state index contributed by atoms with van der Waals surface area (Å²) in [5, 5.41) is 3.98. The molecule has 1 aliphatic carbocycles. The predicted molar refractivity (Wildman–Crippen MR) is 80.6 cm³/mol. The fraction of sp³-hybridized carbons (Fsp3) is 0.400. The van der Waals surface area contributed by atoms with Crippen LogP contribution in [-0.2, 0) is 0 Å². The minimum Gasteiger partial charge on any atom is -0.397 e. The number of carbonyl (C=O) groups excluding carboxylic acids is 1. The van der Waals surface area contributed by atoms with Gasteiger partial charge in [0.05, 0.1) is 5.69 Å². The van der Waals surface area contributed by atoms with Gasteiger partial charge in [-0.05, 0) is 31.4 Å². The molecule has 0 spiro atoms. The Morgan fingerprint density at radius 2 is 2.26 bits per heavy atom. The van der Waals surface area contributed by atoms with Crippen LogP contribution < -0.4 is 11.1 Å². The Labute approximate surface area is 116 Å². The van der Waals surface area contributed by atoms with E-state index in [1.165, 1.54) is 24.2 Å². The second-order valence-corrected chi connectivity index (χ2v) is 6.38. The number of nitrogens with one attached hydrogen (secondary N) is 1. The van der Waals surface area contributed by atoms with E-state index in [2.05, 4.69) is 5.32 Å². The molecule has 1 heterocycles. The summed E-state index contributed by atoms with van der Waals surface area (Å²) in [6.45, 7) is 2.79. The highest BCUT2D eigenvalue weighted by molar-refractivity contribution is 7.21. The first-order valence-electron chi connectivity index (χ1n) is 6.72. The van der Waals surface area contributed by atoms with Gasteiger partial charge in [-0.3, -0.25) is 4.79 Å². The van der Waals surface area contributed by atoms with Crippen LogP contribution in [0.25, 0.3) is 10.1 Å². The number of hydrogen-bond donors (Lipinski definition) is 2. The number of hydrogen-bond acceptors (Lipinski definition) is 3. The van der Waals surface area contributed by atoms with E-state index in [9.17, 15) is 4.79 Å². The van der Waals surface area contributed by atoms with Crippen molar-refractivity contribution < 1.29 is 4.79 Å². The number of rotatable bonds is 4. The smallest absolute Gasteiger partial charge is 0.263 e. The van der Waals surface area contributed by atoms with E-state index in [4.69, 9.17) is 5.73 Å². The van der Waals surface area contributed by atoms with Crippen molar-refractivity contribution in [3.63, 3.8) is 0 Å². The molecule has 1 fully saturated rings. The molecule has 1 aliphatic rings. The highest BCUT2D eigenvalue weighted by Crippen LogP contribution is 2.34. The van der Waals surface area contributed by atoms with Gasteiger partial charge in [-0.25, -0.2) is 0 Å². The molecule has 0 aliphatic heterocycles. The minimum absolute atomic E-state index is 0.0306.